The van der Waals surface area contributed by atoms with Gasteiger partial charge in [0.1, 0.15) is 0 Å². The molecule has 1 aliphatic heterocycles. The largest absolute Gasteiger partial charge is 0.481 e. The highest BCUT2D eigenvalue weighted by Crippen LogP contribution is 2.34. The van der Waals surface area contributed by atoms with E-state index in [0.717, 1.165) is 16.5 Å². The van der Waals surface area contributed by atoms with Crippen LogP contribution in [0.15, 0.2) is 55.0 Å². The van der Waals surface area contributed by atoms with Gasteiger partial charge in [-0.3, -0.25) is 14.6 Å². The minimum atomic E-state index is -0.875. The number of pyridine rings is 1. The highest BCUT2D eigenvalue weighted by molar-refractivity contribution is 6.07. The first-order valence-corrected chi connectivity index (χ1v) is 8.52. The molecule has 0 radical (unpaired) electrons. The number of aryl methyl sites for hydroxylation is 1. The lowest BCUT2D eigenvalue weighted by Gasteiger charge is -2.16. The summed E-state index contributed by atoms with van der Waals surface area (Å²) >= 11 is 0. The Hall–Kier alpha value is -3.15. The zero-order chi connectivity index (χ0) is 18.3. The van der Waals surface area contributed by atoms with Gasteiger partial charge in [0.05, 0.1) is 11.5 Å². The number of amides is 1. The van der Waals surface area contributed by atoms with E-state index in [-0.39, 0.29) is 18.4 Å². The van der Waals surface area contributed by atoms with Crippen molar-refractivity contribution in [2.24, 2.45) is 13.0 Å². The molecule has 2 atom stereocenters. The average molecular weight is 349 g/mol. The molecular formula is C20H19N3O3. The van der Waals surface area contributed by atoms with Crippen molar-refractivity contribution < 1.29 is 14.7 Å². The van der Waals surface area contributed by atoms with Gasteiger partial charge in [-0.05, 0) is 23.8 Å². The summed E-state index contributed by atoms with van der Waals surface area (Å²) < 4.78 is 1.92. The van der Waals surface area contributed by atoms with Crippen molar-refractivity contribution >= 4 is 22.8 Å². The van der Waals surface area contributed by atoms with Crippen LogP contribution in [0.1, 0.15) is 21.8 Å². The number of para-hydroxylation sites is 1. The Balaban J connectivity index is 1.67. The maximum absolute atomic E-state index is 13.1. The van der Waals surface area contributed by atoms with Gasteiger partial charge in [0.2, 0.25) is 0 Å². The molecule has 1 saturated heterocycles. The number of fused-ring (bicyclic) bond motifs is 1. The van der Waals surface area contributed by atoms with E-state index in [1.807, 2.05) is 54.2 Å². The summed E-state index contributed by atoms with van der Waals surface area (Å²) in [5, 5.41) is 10.5. The summed E-state index contributed by atoms with van der Waals surface area (Å²) in [6, 6.07) is 11.4. The molecule has 4 rings (SSSR count). The summed E-state index contributed by atoms with van der Waals surface area (Å²) in [5.74, 6) is -1.84. The number of rotatable bonds is 3. The number of aromatic nitrogens is 2. The Morgan fingerprint density at radius 3 is 2.58 bits per heavy atom. The van der Waals surface area contributed by atoms with Gasteiger partial charge in [0, 0.05) is 55.5 Å². The molecule has 3 heterocycles. The Labute approximate surface area is 150 Å². The standard InChI is InChI=1S/C20H19N3O3/c1-22-10-16(14-4-2-3-5-18(14)22)19(24)23-11-15(17(12-23)20(25)26)13-6-8-21-9-7-13/h2-10,15,17H,11-12H2,1H3,(H,25,26)/t15-,17+/m0/s1. The minimum Gasteiger partial charge on any atom is -0.481 e. The molecule has 3 aromatic rings. The van der Waals surface area contributed by atoms with Crippen LogP contribution < -0.4 is 0 Å². The Morgan fingerprint density at radius 1 is 1.12 bits per heavy atom. The van der Waals surface area contributed by atoms with Gasteiger partial charge in [-0.15, -0.1) is 0 Å². The minimum absolute atomic E-state index is 0.121. The van der Waals surface area contributed by atoms with E-state index in [4.69, 9.17) is 0 Å². The van der Waals surface area contributed by atoms with E-state index in [1.54, 1.807) is 17.3 Å². The third-order valence-electron chi connectivity index (χ3n) is 5.19. The Kier molecular flexibility index (Phi) is 3.95. The molecule has 132 valence electrons. The van der Waals surface area contributed by atoms with Gasteiger partial charge in [-0.2, -0.15) is 0 Å². The van der Waals surface area contributed by atoms with E-state index < -0.39 is 11.9 Å². The van der Waals surface area contributed by atoms with Crippen LogP contribution in [0.5, 0.6) is 0 Å². The predicted molar refractivity (Wildman–Crippen MR) is 96.9 cm³/mol. The molecule has 0 bridgehead atoms. The molecule has 1 aromatic carbocycles. The molecule has 2 aromatic heterocycles. The highest BCUT2D eigenvalue weighted by Gasteiger charge is 2.41. The number of aliphatic carboxylic acids is 1. The van der Waals surface area contributed by atoms with Crippen LogP contribution in [-0.4, -0.2) is 44.5 Å². The van der Waals surface area contributed by atoms with Crippen LogP contribution in [-0.2, 0) is 11.8 Å². The Bertz CT molecular complexity index is 980. The van der Waals surface area contributed by atoms with Crippen molar-refractivity contribution in [1.82, 2.24) is 14.5 Å². The maximum atomic E-state index is 13.1. The number of hydrogen-bond acceptors (Lipinski definition) is 3. The van der Waals surface area contributed by atoms with Crippen LogP contribution in [0.2, 0.25) is 0 Å². The van der Waals surface area contributed by atoms with Gasteiger partial charge in [-0.25, -0.2) is 0 Å². The van der Waals surface area contributed by atoms with Crippen LogP contribution in [0.3, 0.4) is 0 Å². The predicted octanol–water partition coefficient (Wildman–Crippen LogP) is 2.51. The summed E-state index contributed by atoms with van der Waals surface area (Å²) in [5.41, 5.74) is 2.50. The number of carboxylic acid groups (broad SMARTS) is 1. The lowest BCUT2D eigenvalue weighted by atomic mass is 9.90. The topological polar surface area (TPSA) is 75.4 Å². The Morgan fingerprint density at radius 2 is 1.85 bits per heavy atom. The first kappa shape index (κ1) is 16.3. The lowest BCUT2D eigenvalue weighted by molar-refractivity contribution is -0.141. The summed E-state index contributed by atoms with van der Waals surface area (Å²) in [6.07, 6.45) is 5.13. The number of hydrogen-bond donors (Lipinski definition) is 1. The molecule has 26 heavy (non-hydrogen) atoms. The molecule has 6 nitrogen and oxygen atoms in total. The van der Waals surface area contributed by atoms with Crippen molar-refractivity contribution in [1.29, 1.82) is 0 Å². The van der Waals surface area contributed by atoms with E-state index in [2.05, 4.69) is 4.98 Å². The molecule has 1 N–H and O–H groups in total. The summed E-state index contributed by atoms with van der Waals surface area (Å²) in [4.78, 5) is 30.5. The highest BCUT2D eigenvalue weighted by atomic mass is 16.4. The van der Waals surface area contributed by atoms with E-state index in [9.17, 15) is 14.7 Å². The summed E-state index contributed by atoms with van der Waals surface area (Å²) in [7, 11) is 1.91. The third kappa shape index (κ3) is 2.63. The third-order valence-corrected chi connectivity index (χ3v) is 5.19. The second-order valence-electron chi connectivity index (χ2n) is 6.71. The number of carboxylic acids is 1. The van der Waals surface area contributed by atoms with Gasteiger partial charge in [-0.1, -0.05) is 18.2 Å². The van der Waals surface area contributed by atoms with Crippen LogP contribution >= 0.6 is 0 Å². The zero-order valence-corrected chi connectivity index (χ0v) is 14.4. The van der Waals surface area contributed by atoms with Crippen molar-refractivity contribution in [2.45, 2.75) is 5.92 Å². The van der Waals surface area contributed by atoms with E-state index in [1.165, 1.54) is 0 Å². The van der Waals surface area contributed by atoms with Crippen molar-refractivity contribution in [3.63, 3.8) is 0 Å². The monoisotopic (exact) mass is 349 g/mol. The number of carbonyl (C=O) groups excluding carboxylic acids is 1. The molecular weight excluding hydrogens is 330 g/mol. The second-order valence-corrected chi connectivity index (χ2v) is 6.71. The van der Waals surface area contributed by atoms with Crippen LogP contribution in [0.4, 0.5) is 0 Å². The SMILES string of the molecule is Cn1cc(C(=O)N2C[C@@H](C(=O)O)[C@H](c3ccncc3)C2)c2ccccc21. The molecule has 0 unspecified atom stereocenters. The first-order valence-electron chi connectivity index (χ1n) is 8.52. The number of benzene rings is 1. The molecule has 6 heteroatoms. The number of nitrogens with zero attached hydrogens (tertiary/aromatic N) is 3. The van der Waals surface area contributed by atoms with Gasteiger partial charge in [0.15, 0.2) is 0 Å². The molecule has 0 aliphatic carbocycles. The van der Waals surface area contributed by atoms with E-state index in [0.29, 0.717) is 12.1 Å². The molecule has 1 aliphatic rings. The van der Waals surface area contributed by atoms with E-state index >= 15 is 0 Å². The number of carbonyl (C=O) groups is 2. The quantitative estimate of drug-likeness (QED) is 0.788. The number of likely N-dealkylation sites (tertiary alicyclic amines) is 1. The van der Waals surface area contributed by atoms with Crippen molar-refractivity contribution in [2.75, 3.05) is 13.1 Å². The van der Waals surface area contributed by atoms with Crippen molar-refractivity contribution in [3.05, 3.63) is 66.1 Å². The zero-order valence-electron chi connectivity index (χ0n) is 14.4. The van der Waals surface area contributed by atoms with Gasteiger partial charge in [0.25, 0.3) is 5.91 Å². The smallest absolute Gasteiger partial charge is 0.308 e. The summed E-state index contributed by atoms with van der Waals surface area (Å²) in [6.45, 7) is 0.605. The van der Waals surface area contributed by atoms with Gasteiger partial charge < -0.3 is 14.6 Å². The molecule has 1 amide bonds. The fourth-order valence-electron chi connectivity index (χ4n) is 3.85. The normalized spacial score (nSPS) is 19.8. The first-order chi connectivity index (χ1) is 12.6. The molecule has 1 fully saturated rings. The lowest BCUT2D eigenvalue weighted by Crippen LogP contribution is -2.29. The maximum Gasteiger partial charge on any atom is 0.308 e. The molecule has 0 saturated carbocycles. The fourth-order valence-corrected chi connectivity index (χ4v) is 3.85. The van der Waals surface area contributed by atoms with Crippen LogP contribution in [0, 0.1) is 5.92 Å². The average Bonchev–Trinajstić information content (AvgIpc) is 3.25. The second kappa shape index (κ2) is 6.29. The van der Waals surface area contributed by atoms with Gasteiger partial charge >= 0.3 is 5.97 Å². The van der Waals surface area contributed by atoms with Crippen molar-refractivity contribution in [3.8, 4) is 0 Å². The van der Waals surface area contributed by atoms with Crippen LogP contribution in [0.25, 0.3) is 10.9 Å². The fraction of sp³-hybridized carbons (Fsp3) is 0.250. The molecule has 0 spiro atoms.